The first-order valence-corrected chi connectivity index (χ1v) is 7.64. The highest BCUT2D eigenvalue weighted by atomic mass is 79.9. The largest absolute Gasteiger partial charge is 0.489 e. The van der Waals surface area contributed by atoms with Gasteiger partial charge in [0, 0.05) is 19.6 Å². The van der Waals surface area contributed by atoms with Crippen molar-refractivity contribution in [3.05, 3.63) is 28.2 Å². The summed E-state index contributed by atoms with van der Waals surface area (Å²) in [7, 11) is 1.78. The van der Waals surface area contributed by atoms with Gasteiger partial charge in [0.2, 0.25) is 0 Å². The fourth-order valence-corrected chi connectivity index (χ4v) is 2.99. The molecule has 2 N–H and O–H groups in total. The fraction of sp³-hybridized carbons (Fsp3) is 0.600. The highest BCUT2D eigenvalue weighted by Gasteiger charge is 2.23. The summed E-state index contributed by atoms with van der Waals surface area (Å²) in [4.78, 5) is 0. The summed E-state index contributed by atoms with van der Waals surface area (Å²) >= 11 is 3.56. The molecule has 4 heteroatoms. The first-order valence-electron chi connectivity index (χ1n) is 6.84. The molecule has 0 spiro atoms. The van der Waals surface area contributed by atoms with E-state index in [0.29, 0.717) is 6.10 Å². The summed E-state index contributed by atoms with van der Waals surface area (Å²) in [6.45, 7) is 1.98. The molecule has 106 valence electrons. The predicted molar refractivity (Wildman–Crippen MR) is 80.4 cm³/mol. The second kappa shape index (κ2) is 6.73. The number of hydrogen-bond donors (Lipinski definition) is 1. The number of benzene rings is 1. The van der Waals surface area contributed by atoms with Crippen LogP contribution in [-0.4, -0.2) is 19.3 Å². The fourth-order valence-electron chi connectivity index (χ4n) is 2.50. The molecular formula is C15H22BrNO2. The van der Waals surface area contributed by atoms with Gasteiger partial charge in [-0.2, -0.15) is 0 Å². The molecule has 0 saturated heterocycles. The normalized spacial score (nSPS) is 25.1. The summed E-state index contributed by atoms with van der Waals surface area (Å²) in [6, 6.07) is 6.11. The molecule has 0 heterocycles. The van der Waals surface area contributed by atoms with E-state index in [2.05, 4.69) is 15.9 Å². The summed E-state index contributed by atoms with van der Waals surface area (Å²) in [5.74, 6) is 0.895. The zero-order chi connectivity index (χ0) is 13.8. The highest BCUT2D eigenvalue weighted by Crippen LogP contribution is 2.31. The van der Waals surface area contributed by atoms with Crippen molar-refractivity contribution in [3.8, 4) is 5.75 Å². The van der Waals surface area contributed by atoms with Gasteiger partial charge in [-0.15, -0.1) is 0 Å². The molecule has 0 radical (unpaired) electrons. The molecule has 3 nitrogen and oxygen atoms in total. The zero-order valence-electron chi connectivity index (χ0n) is 11.6. The number of halogens is 1. The Kier molecular flexibility index (Phi) is 5.25. The minimum absolute atomic E-state index is 0.0397. The number of ether oxygens (including phenoxy) is 2. The molecular weight excluding hydrogens is 306 g/mol. The third kappa shape index (κ3) is 3.94. The molecule has 1 aromatic rings. The molecule has 0 aromatic heterocycles. The van der Waals surface area contributed by atoms with Crippen LogP contribution in [0.5, 0.6) is 5.75 Å². The minimum atomic E-state index is 0.0397. The Balaban J connectivity index is 2.02. The van der Waals surface area contributed by atoms with Crippen molar-refractivity contribution >= 4 is 15.9 Å². The Morgan fingerprint density at radius 1 is 1.32 bits per heavy atom. The third-order valence-corrected chi connectivity index (χ3v) is 4.31. The molecule has 3 atom stereocenters. The second-order valence-electron chi connectivity index (χ2n) is 5.24. The number of methoxy groups -OCH3 is 1. The molecule has 2 rings (SSSR count). The standard InChI is InChI=1S/C15H22BrNO2/c1-10(17)11-6-7-15(14(16)8-11)19-13-5-3-4-12(9-13)18-2/h6-8,10,12-13H,3-5,9,17H2,1-2H3/t10-,12?,13?/m1/s1. The monoisotopic (exact) mass is 327 g/mol. The molecule has 1 saturated carbocycles. The van der Waals surface area contributed by atoms with Gasteiger partial charge >= 0.3 is 0 Å². The lowest BCUT2D eigenvalue weighted by molar-refractivity contribution is 0.0207. The van der Waals surface area contributed by atoms with E-state index >= 15 is 0 Å². The maximum Gasteiger partial charge on any atom is 0.133 e. The van der Waals surface area contributed by atoms with Crippen molar-refractivity contribution in [2.24, 2.45) is 5.73 Å². The second-order valence-corrected chi connectivity index (χ2v) is 6.10. The molecule has 1 aliphatic rings. The van der Waals surface area contributed by atoms with Crippen molar-refractivity contribution in [2.75, 3.05) is 7.11 Å². The third-order valence-electron chi connectivity index (χ3n) is 3.69. The van der Waals surface area contributed by atoms with Gasteiger partial charge in [-0.25, -0.2) is 0 Å². The molecule has 0 aliphatic heterocycles. The van der Waals surface area contributed by atoms with E-state index in [1.165, 1.54) is 6.42 Å². The first kappa shape index (κ1) is 14.8. The average molecular weight is 328 g/mol. The molecule has 19 heavy (non-hydrogen) atoms. The van der Waals surface area contributed by atoms with Crippen LogP contribution in [0.1, 0.15) is 44.2 Å². The Morgan fingerprint density at radius 2 is 2.05 bits per heavy atom. The lowest BCUT2D eigenvalue weighted by Crippen LogP contribution is -2.29. The van der Waals surface area contributed by atoms with Crippen molar-refractivity contribution in [1.29, 1.82) is 0 Å². The molecule has 0 amide bonds. The number of rotatable bonds is 4. The van der Waals surface area contributed by atoms with Crippen LogP contribution in [0.2, 0.25) is 0 Å². The molecule has 1 fully saturated rings. The summed E-state index contributed by atoms with van der Waals surface area (Å²) in [6.07, 6.45) is 4.95. The number of nitrogens with two attached hydrogens (primary N) is 1. The minimum Gasteiger partial charge on any atom is -0.489 e. The van der Waals surface area contributed by atoms with Crippen LogP contribution in [0.3, 0.4) is 0 Å². The van der Waals surface area contributed by atoms with Crippen LogP contribution in [0.25, 0.3) is 0 Å². The first-order chi connectivity index (χ1) is 9.10. The summed E-state index contributed by atoms with van der Waals surface area (Å²) in [5.41, 5.74) is 6.98. The van der Waals surface area contributed by atoms with Crippen molar-refractivity contribution in [3.63, 3.8) is 0 Å². The van der Waals surface area contributed by atoms with Crippen LogP contribution < -0.4 is 10.5 Å². The topological polar surface area (TPSA) is 44.5 Å². The van der Waals surface area contributed by atoms with E-state index in [0.717, 1.165) is 35.0 Å². The van der Waals surface area contributed by atoms with Gasteiger partial charge < -0.3 is 15.2 Å². The molecule has 1 aromatic carbocycles. The Hall–Kier alpha value is -0.580. The van der Waals surface area contributed by atoms with Gasteiger partial charge in [0.05, 0.1) is 10.6 Å². The van der Waals surface area contributed by atoms with Crippen molar-refractivity contribution in [1.82, 2.24) is 0 Å². The zero-order valence-corrected chi connectivity index (χ0v) is 13.2. The maximum atomic E-state index is 6.09. The summed E-state index contributed by atoms with van der Waals surface area (Å²) in [5, 5.41) is 0. The van der Waals surface area contributed by atoms with Gasteiger partial charge in [-0.1, -0.05) is 6.07 Å². The van der Waals surface area contributed by atoms with E-state index in [1.807, 2.05) is 25.1 Å². The van der Waals surface area contributed by atoms with Gasteiger partial charge in [0.15, 0.2) is 0 Å². The van der Waals surface area contributed by atoms with Gasteiger partial charge in [-0.05, 0) is 59.8 Å². The van der Waals surface area contributed by atoms with Crippen LogP contribution in [0.15, 0.2) is 22.7 Å². The Morgan fingerprint density at radius 3 is 2.68 bits per heavy atom. The molecule has 1 aliphatic carbocycles. The van der Waals surface area contributed by atoms with E-state index in [1.54, 1.807) is 7.11 Å². The Bertz CT molecular complexity index is 423. The van der Waals surface area contributed by atoms with Gasteiger partial charge in [0.1, 0.15) is 11.9 Å². The SMILES string of the molecule is COC1CCCC(Oc2ccc([C@@H](C)N)cc2Br)C1. The smallest absolute Gasteiger partial charge is 0.133 e. The van der Waals surface area contributed by atoms with Gasteiger partial charge in [-0.3, -0.25) is 0 Å². The lowest BCUT2D eigenvalue weighted by atomic mass is 9.95. The van der Waals surface area contributed by atoms with E-state index in [-0.39, 0.29) is 12.1 Å². The van der Waals surface area contributed by atoms with Crippen LogP contribution in [0, 0.1) is 0 Å². The summed E-state index contributed by atoms with van der Waals surface area (Å²) < 4.78 is 12.5. The predicted octanol–water partition coefficient (Wildman–Crippen LogP) is 3.81. The van der Waals surface area contributed by atoms with Crippen LogP contribution in [0.4, 0.5) is 0 Å². The lowest BCUT2D eigenvalue weighted by Gasteiger charge is -2.29. The van der Waals surface area contributed by atoms with Crippen LogP contribution in [-0.2, 0) is 4.74 Å². The number of hydrogen-bond acceptors (Lipinski definition) is 3. The molecule has 0 bridgehead atoms. The highest BCUT2D eigenvalue weighted by molar-refractivity contribution is 9.10. The van der Waals surface area contributed by atoms with Gasteiger partial charge in [0.25, 0.3) is 0 Å². The Labute approximate surface area is 123 Å². The van der Waals surface area contributed by atoms with Crippen molar-refractivity contribution < 1.29 is 9.47 Å². The molecule has 2 unspecified atom stereocenters. The van der Waals surface area contributed by atoms with Crippen molar-refractivity contribution in [2.45, 2.75) is 50.9 Å². The van der Waals surface area contributed by atoms with E-state index < -0.39 is 0 Å². The van der Waals surface area contributed by atoms with E-state index in [4.69, 9.17) is 15.2 Å². The van der Waals surface area contributed by atoms with Crippen LogP contribution >= 0.6 is 15.9 Å². The average Bonchev–Trinajstić information content (AvgIpc) is 2.41. The van der Waals surface area contributed by atoms with E-state index in [9.17, 15) is 0 Å². The quantitative estimate of drug-likeness (QED) is 0.914. The maximum absolute atomic E-state index is 6.09.